The highest BCUT2D eigenvalue weighted by molar-refractivity contribution is 8.14. The van der Waals surface area contributed by atoms with Gasteiger partial charge in [-0.2, -0.15) is 0 Å². The molecule has 0 N–H and O–H groups in total. The molecule has 2 aromatic heterocycles. The van der Waals surface area contributed by atoms with Crippen LogP contribution in [0.15, 0.2) is 23.4 Å². The van der Waals surface area contributed by atoms with Crippen molar-refractivity contribution in [2.45, 2.75) is 4.90 Å². The van der Waals surface area contributed by atoms with Crippen molar-refractivity contribution in [3.05, 3.63) is 23.6 Å². The fourth-order valence-corrected chi connectivity index (χ4v) is 2.84. The molecule has 0 aliphatic heterocycles. The van der Waals surface area contributed by atoms with E-state index in [-0.39, 0.29) is 10.0 Å². The smallest absolute Gasteiger partial charge is 0.263 e. The van der Waals surface area contributed by atoms with Gasteiger partial charge in [-0.25, -0.2) is 13.4 Å². The Kier molecular flexibility index (Phi) is 2.41. The summed E-state index contributed by atoms with van der Waals surface area (Å²) in [5.41, 5.74) is 0.554. The monoisotopic (exact) mass is 264 g/mol. The lowest BCUT2D eigenvalue weighted by Gasteiger charge is -1.96. The molecule has 4 nitrogen and oxygen atoms in total. The van der Waals surface area contributed by atoms with E-state index in [9.17, 15) is 8.42 Å². The number of hydrogen-bond donors (Lipinski definition) is 0. The second-order valence-electron chi connectivity index (χ2n) is 3.04. The first-order valence-corrected chi connectivity index (χ1v) is 6.64. The molecule has 7 heteroatoms. The van der Waals surface area contributed by atoms with Crippen LogP contribution in [-0.4, -0.2) is 18.0 Å². The highest BCUT2D eigenvalue weighted by Gasteiger charge is 2.19. The summed E-state index contributed by atoms with van der Waals surface area (Å²) in [7, 11) is 3.22. The Hall–Kier alpha value is -0.780. The number of pyridine rings is 1. The molecule has 0 aliphatic rings. The van der Waals surface area contributed by atoms with E-state index in [1.807, 2.05) is 0 Å². The second-order valence-corrected chi connectivity index (χ2v) is 5.93. The van der Waals surface area contributed by atoms with Crippen molar-refractivity contribution in [3.8, 4) is 0 Å². The predicted octanol–water partition coefficient (Wildman–Crippen LogP) is 2.15. The zero-order valence-corrected chi connectivity index (χ0v) is 9.94. The van der Waals surface area contributed by atoms with Crippen LogP contribution in [0, 0.1) is 0 Å². The number of fused-ring (bicyclic) bond motifs is 1. The first-order valence-electron chi connectivity index (χ1n) is 3.95. The maximum Gasteiger partial charge on any atom is 0.263 e. The van der Waals surface area contributed by atoms with Gasteiger partial charge in [-0.05, 0) is 6.07 Å². The predicted molar refractivity (Wildman–Crippen MR) is 58.8 cm³/mol. The van der Waals surface area contributed by atoms with Crippen molar-refractivity contribution in [3.63, 3.8) is 0 Å². The Morgan fingerprint density at radius 1 is 1.47 bits per heavy atom. The fraction of sp³-hybridized carbons (Fsp3) is 0.125. The Morgan fingerprint density at radius 3 is 2.73 bits per heavy atom. The average molecular weight is 265 g/mol. The van der Waals surface area contributed by atoms with Crippen LogP contribution in [0.2, 0.25) is 5.15 Å². The molecule has 2 rings (SSSR count). The van der Waals surface area contributed by atoms with E-state index in [1.54, 1.807) is 17.7 Å². The van der Waals surface area contributed by atoms with Gasteiger partial charge in [0.2, 0.25) is 0 Å². The van der Waals surface area contributed by atoms with Crippen LogP contribution < -0.4 is 0 Å². The van der Waals surface area contributed by atoms with Gasteiger partial charge in [-0.1, -0.05) is 11.6 Å². The van der Waals surface area contributed by atoms with E-state index in [1.165, 1.54) is 12.4 Å². The highest BCUT2D eigenvalue weighted by atomic mass is 35.7. The van der Waals surface area contributed by atoms with Crippen LogP contribution in [0.4, 0.5) is 0 Å². The molecular weight excluding hydrogens is 259 g/mol. The minimum absolute atomic E-state index is 0.0472. The molecule has 0 unspecified atom stereocenters. The van der Waals surface area contributed by atoms with Gasteiger partial charge in [0.15, 0.2) is 5.15 Å². The van der Waals surface area contributed by atoms with Gasteiger partial charge in [-0.15, -0.1) is 0 Å². The van der Waals surface area contributed by atoms with E-state index < -0.39 is 9.05 Å². The quantitative estimate of drug-likeness (QED) is 0.586. The van der Waals surface area contributed by atoms with Crippen LogP contribution in [0.1, 0.15) is 0 Å². The zero-order chi connectivity index (χ0) is 11.2. The third-order valence-corrected chi connectivity index (χ3v) is 3.70. The van der Waals surface area contributed by atoms with Gasteiger partial charge in [0.1, 0.15) is 4.90 Å². The topological polar surface area (TPSA) is 52.0 Å². The SMILES string of the molecule is Cn1cc(S(=O)(=O)Cl)c2ccnc(Cl)c21. The minimum Gasteiger partial charge on any atom is -0.347 e. The Bertz CT molecular complexity index is 633. The molecule has 0 saturated carbocycles. The number of rotatable bonds is 1. The summed E-state index contributed by atoms with van der Waals surface area (Å²) in [6, 6.07) is 1.57. The Labute approximate surface area is 95.9 Å². The maximum absolute atomic E-state index is 11.3. The van der Waals surface area contributed by atoms with Gasteiger partial charge >= 0.3 is 0 Å². The van der Waals surface area contributed by atoms with Crippen LogP contribution in [0.25, 0.3) is 10.9 Å². The lowest BCUT2D eigenvalue weighted by molar-refractivity contribution is 0.610. The number of aryl methyl sites for hydroxylation is 1. The average Bonchev–Trinajstić information content (AvgIpc) is 2.44. The van der Waals surface area contributed by atoms with Crippen LogP contribution >= 0.6 is 22.3 Å². The fourth-order valence-electron chi connectivity index (χ4n) is 1.47. The van der Waals surface area contributed by atoms with Gasteiger partial charge in [0, 0.05) is 35.5 Å². The molecule has 0 fully saturated rings. The first kappa shape index (κ1) is 10.7. The summed E-state index contributed by atoms with van der Waals surface area (Å²) >= 11 is 5.86. The summed E-state index contributed by atoms with van der Waals surface area (Å²) in [4.78, 5) is 3.92. The molecule has 0 saturated heterocycles. The molecular formula is C8H6Cl2N2O2S. The lowest BCUT2D eigenvalue weighted by Crippen LogP contribution is -1.88. The molecule has 0 atom stereocenters. The van der Waals surface area contributed by atoms with E-state index in [4.69, 9.17) is 22.3 Å². The number of nitrogens with zero attached hydrogens (tertiary/aromatic N) is 2. The molecule has 15 heavy (non-hydrogen) atoms. The number of hydrogen-bond acceptors (Lipinski definition) is 3. The van der Waals surface area contributed by atoms with Crippen molar-refractivity contribution in [2.24, 2.45) is 7.05 Å². The summed E-state index contributed by atoms with van der Waals surface area (Å²) in [6.45, 7) is 0. The Balaban J connectivity index is 2.98. The molecule has 2 heterocycles. The van der Waals surface area contributed by atoms with Crippen LogP contribution in [0.3, 0.4) is 0 Å². The van der Waals surface area contributed by atoms with Gasteiger partial charge in [0.05, 0.1) is 5.52 Å². The van der Waals surface area contributed by atoms with Gasteiger partial charge in [0.25, 0.3) is 9.05 Å². The molecule has 0 aromatic carbocycles. The molecule has 0 aliphatic carbocycles. The van der Waals surface area contributed by atoms with Crippen molar-refractivity contribution in [1.29, 1.82) is 0 Å². The Morgan fingerprint density at radius 2 is 2.13 bits per heavy atom. The number of halogens is 2. The van der Waals surface area contributed by atoms with E-state index >= 15 is 0 Å². The summed E-state index contributed by atoms with van der Waals surface area (Å²) in [6.07, 6.45) is 2.86. The third-order valence-electron chi connectivity index (χ3n) is 2.07. The second kappa shape index (κ2) is 3.37. The summed E-state index contributed by atoms with van der Waals surface area (Å²) in [5.74, 6) is 0. The maximum atomic E-state index is 11.3. The molecule has 2 aromatic rings. The zero-order valence-electron chi connectivity index (χ0n) is 7.61. The molecule has 0 amide bonds. The lowest BCUT2D eigenvalue weighted by atomic mass is 10.3. The van der Waals surface area contributed by atoms with E-state index in [0.29, 0.717) is 10.9 Å². The van der Waals surface area contributed by atoms with Gasteiger partial charge < -0.3 is 4.57 Å². The molecule has 0 spiro atoms. The molecule has 0 radical (unpaired) electrons. The van der Waals surface area contributed by atoms with Crippen molar-refractivity contribution in [2.75, 3.05) is 0 Å². The van der Waals surface area contributed by atoms with Crippen LogP contribution in [0.5, 0.6) is 0 Å². The van der Waals surface area contributed by atoms with Crippen LogP contribution in [-0.2, 0) is 16.1 Å². The van der Waals surface area contributed by atoms with Crippen molar-refractivity contribution < 1.29 is 8.42 Å². The third kappa shape index (κ3) is 1.71. The number of aromatic nitrogens is 2. The summed E-state index contributed by atoms with van der Waals surface area (Å²) in [5, 5.41) is 0.731. The minimum atomic E-state index is -3.76. The van der Waals surface area contributed by atoms with Crippen molar-refractivity contribution in [1.82, 2.24) is 9.55 Å². The largest absolute Gasteiger partial charge is 0.347 e. The van der Waals surface area contributed by atoms with E-state index in [2.05, 4.69) is 4.98 Å². The summed E-state index contributed by atoms with van der Waals surface area (Å²) < 4.78 is 24.1. The molecule has 0 bridgehead atoms. The molecule has 80 valence electrons. The van der Waals surface area contributed by atoms with Crippen molar-refractivity contribution >= 4 is 42.2 Å². The van der Waals surface area contributed by atoms with Gasteiger partial charge in [-0.3, -0.25) is 0 Å². The standard InChI is InChI=1S/C8H6Cl2N2O2S/c1-12-4-6(15(10,13)14)5-2-3-11-8(9)7(5)12/h2-4H,1H3. The van der Waals surface area contributed by atoms with E-state index in [0.717, 1.165) is 0 Å². The first-order chi connectivity index (χ1) is 6.91. The highest BCUT2D eigenvalue weighted by Crippen LogP contribution is 2.30. The normalized spacial score (nSPS) is 12.2.